The van der Waals surface area contributed by atoms with Crippen molar-refractivity contribution in [1.82, 2.24) is 4.98 Å². The van der Waals surface area contributed by atoms with Crippen LogP contribution in [0.4, 0.5) is 13.9 Å². The first kappa shape index (κ1) is 19.9. The average molecular weight is 414 g/mol. The molecular formula is C18H20F2N2O3S2. The normalized spacial score (nSPS) is 23.9. The third-order valence-electron chi connectivity index (χ3n) is 4.77. The summed E-state index contributed by atoms with van der Waals surface area (Å²) in [7, 11) is -3.35. The van der Waals surface area contributed by atoms with Crippen LogP contribution in [0.1, 0.15) is 30.7 Å². The first-order valence-corrected chi connectivity index (χ1v) is 11.3. The maximum atomic E-state index is 13.6. The Morgan fingerprint density at radius 3 is 2.41 bits per heavy atom. The second-order valence-corrected chi connectivity index (χ2v) is 9.74. The van der Waals surface area contributed by atoms with Crippen molar-refractivity contribution in [2.24, 2.45) is 5.92 Å². The molecule has 1 aliphatic carbocycles. The van der Waals surface area contributed by atoms with Gasteiger partial charge in [-0.15, -0.1) is 11.3 Å². The summed E-state index contributed by atoms with van der Waals surface area (Å²) >= 11 is 1.27. The van der Waals surface area contributed by atoms with Gasteiger partial charge in [0.25, 0.3) is 0 Å². The third-order valence-corrected chi connectivity index (χ3v) is 6.59. The highest BCUT2D eigenvalue weighted by molar-refractivity contribution is 7.90. The number of amides is 1. The molecule has 3 rings (SSSR count). The van der Waals surface area contributed by atoms with Gasteiger partial charge in [0.2, 0.25) is 5.91 Å². The summed E-state index contributed by atoms with van der Waals surface area (Å²) in [4.78, 5) is 17.0. The predicted molar refractivity (Wildman–Crippen MR) is 100 cm³/mol. The Balaban J connectivity index is 1.83. The van der Waals surface area contributed by atoms with Crippen molar-refractivity contribution in [3.05, 3.63) is 41.4 Å². The molecule has 1 aromatic heterocycles. The van der Waals surface area contributed by atoms with Crippen LogP contribution in [0, 0.1) is 5.92 Å². The van der Waals surface area contributed by atoms with Crippen LogP contribution in [0.3, 0.4) is 0 Å². The van der Waals surface area contributed by atoms with Gasteiger partial charge < -0.3 is 5.32 Å². The molecule has 1 saturated carbocycles. The lowest BCUT2D eigenvalue weighted by Crippen LogP contribution is -2.23. The Hall–Kier alpha value is -1.87. The molecule has 1 amide bonds. The minimum Gasteiger partial charge on any atom is -0.301 e. The van der Waals surface area contributed by atoms with Gasteiger partial charge in [-0.2, -0.15) is 0 Å². The fraction of sp³-hybridized carbons (Fsp3) is 0.444. The Morgan fingerprint density at radius 1 is 1.26 bits per heavy atom. The van der Waals surface area contributed by atoms with Crippen molar-refractivity contribution in [2.45, 2.75) is 42.4 Å². The van der Waals surface area contributed by atoms with E-state index in [1.54, 1.807) is 23.7 Å². The fourth-order valence-electron chi connectivity index (χ4n) is 3.37. The van der Waals surface area contributed by atoms with E-state index in [0.717, 1.165) is 6.26 Å². The summed E-state index contributed by atoms with van der Waals surface area (Å²) in [6.45, 7) is 0. The molecule has 0 bridgehead atoms. The lowest BCUT2D eigenvalue weighted by atomic mass is 9.87. The molecule has 0 aliphatic heterocycles. The number of anilines is 1. The van der Waals surface area contributed by atoms with E-state index in [1.807, 2.05) is 0 Å². The minimum atomic E-state index is -3.35. The van der Waals surface area contributed by atoms with Gasteiger partial charge in [0.1, 0.15) is 12.3 Å². The number of rotatable bonds is 6. The number of aromatic nitrogens is 1. The van der Waals surface area contributed by atoms with Crippen LogP contribution >= 0.6 is 11.3 Å². The summed E-state index contributed by atoms with van der Waals surface area (Å²) in [5.74, 6) is -1.23. The van der Waals surface area contributed by atoms with Gasteiger partial charge in [0.05, 0.1) is 10.8 Å². The molecule has 3 atom stereocenters. The molecule has 146 valence electrons. The van der Waals surface area contributed by atoms with Crippen molar-refractivity contribution in [2.75, 3.05) is 11.6 Å². The van der Waals surface area contributed by atoms with Gasteiger partial charge in [0.15, 0.2) is 15.0 Å². The van der Waals surface area contributed by atoms with Crippen LogP contribution in [0.5, 0.6) is 0 Å². The van der Waals surface area contributed by atoms with Crippen LogP contribution < -0.4 is 5.32 Å². The number of sulfone groups is 1. The van der Waals surface area contributed by atoms with Crippen LogP contribution in [0.15, 0.2) is 40.7 Å². The summed E-state index contributed by atoms with van der Waals surface area (Å²) in [5, 5.41) is 4.89. The Kier molecular flexibility index (Phi) is 5.90. The van der Waals surface area contributed by atoms with Crippen LogP contribution in [0.2, 0.25) is 0 Å². The minimum absolute atomic E-state index is 0.0869. The van der Waals surface area contributed by atoms with Crippen molar-refractivity contribution in [3.63, 3.8) is 0 Å². The van der Waals surface area contributed by atoms with Gasteiger partial charge in [-0.3, -0.25) is 4.79 Å². The van der Waals surface area contributed by atoms with Crippen molar-refractivity contribution < 1.29 is 22.0 Å². The number of hydrogen-bond acceptors (Lipinski definition) is 5. The van der Waals surface area contributed by atoms with E-state index in [4.69, 9.17) is 0 Å². The van der Waals surface area contributed by atoms with Crippen LogP contribution in [-0.4, -0.2) is 37.9 Å². The number of hydrogen-bond donors (Lipinski definition) is 1. The van der Waals surface area contributed by atoms with Crippen molar-refractivity contribution in [1.29, 1.82) is 0 Å². The monoisotopic (exact) mass is 414 g/mol. The SMILES string of the molecule is CS(=O)(=O)c1ccc(C(CC2CC(F)C(F)C2)C(=O)Nc2nccs2)cc1. The number of halogens is 2. The van der Waals surface area contributed by atoms with Crippen molar-refractivity contribution in [3.8, 4) is 0 Å². The maximum absolute atomic E-state index is 13.6. The van der Waals surface area contributed by atoms with E-state index >= 15 is 0 Å². The topological polar surface area (TPSA) is 76.1 Å². The van der Waals surface area contributed by atoms with Gasteiger partial charge in [-0.05, 0) is 42.9 Å². The molecule has 9 heteroatoms. The molecule has 2 aromatic rings. The molecule has 0 saturated heterocycles. The Bertz CT molecular complexity index is 876. The average Bonchev–Trinajstić information content (AvgIpc) is 3.22. The summed E-state index contributed by atoms with van der Waals surface area (Å²) in [6, 6.07) is 6.05. The van der Waals surface area contributed by atoms with Gasteiger partial charge in [0, 0.05) is 17.8 Å². The van der Waals surface area contributed by atoms with Gasteiger partial charge >= 0.3 is 0 Å². The van der Waals surface area contributed by atoms with E-state index in [9.17, 15) is 22.0 Å². The molecule has 5 nitrogen and oxygen atoms in total. The molecule has 0 spiro atoms. The number of benzene rings is 1. The highest BCUT2D eigenvalue weighted by Gasteiger charge is 2.37. The second kappa shape index (κ2) is 8.02. The molecule has 3 unspecified atom stereocenters. The zero-order chi connectivity index (χ0) is 19.6. The van der Waals surface area contributed by atoms with E-state index < -0.39 is 28.1 Å². The van der Waals surface area contributed by atoms with E-state index in [1.165, 1.54) is 23.5 Å². The largest absolute Gasteiger partial charge is 0.301 e. The molecule has 1 N–H and O–H groups in total. The van der Waals surface area contributed by atoms with E-state index in [-0.39, 0.29) is 36.0 Å². The molecule has 1 aliphatic rings. The molecule has 1 fully saturated rings. The van der Waals surface area contributed by atoms with Crippen LogP contribution in [-0.2, 0) is 14.6 Å². The summed E-state index contributed by atoms with van der Waals surface area (Å²) in [5.41, 5.74) is 0.606. The second-order valence-electron chi connectivity index (χ2n) is 6.83. The summed E-state index contributed by atoms with van der Waals surface area (Å²) < 4.78 is 50.4. The number of alkyl halides is 2. The van der Waals surface area contributed by atoms with E-state index in [2.05, 4.69) is 10.3 Å². The molecule has 27 heavy (non-hydrogen) atoms. The Labute approximate surface area is 160 Å². The number of carbonyl (C=O) groups excluding carboxylic acids is 1. The van der Waals surface area contributed by atoms with Crippen LogP contribution in [0.25, 0.3) is 0 Å². The molecule has 0 radical (unpaired) electrons. The molecular weight excluding hydrogens is 394 g/mol. The van der Waals surface area contributed by atoms with E-state index in [0.29, 0.717) is 10.7 Å². The smallest absolute Gasteiger partial charge is 0.233 e. The third kappa shape index (κ3) is 4.90. The standard InChI is InChI=1S/C18H20F2N2O3S2/c1-27(24,25)13-4-2-12(3-5-13)14(8-11-9-15(19)16(20)10-11)17(23)22-18-21-6-7-26-18/h2-7,11,14-16H,8-10H2,1H3,(H,21,22,23). The van der Waals surface area contributed by atoms with Gasteiger partial charge in [-0.1, -0.05) is 12.1 Å². The number of nitrogens with one attached hydrogen (secondary N) is 1. The first-order chi connectivity index (χ1) is 12.7. The number of carbonyl (C=O) groups is 1. The van der Waals surface area contributed by atoms with Crippen molar-refractivity contribution >= 4 is 32.2 Å². The lowest BCUT2D eigenvalue weighted by molar-refractivity contribution is -0.118. The molecule has 1 aromatic carbocycles. The zero-order valence-electron chi connectivity index (χ0n) is 14.6. The quantitative estimate of drug-likeness (QED) is 0.781. The predicted octanol–water partition coefficient (Wildman–Crippen LogP) is 3.75. The lowest BCUT2D eigenvalue weighted by Gasteiger charge is -2.20. The Morgan fingerprint density at radius 2 is 1.89 bits per heavy atom. The number of nitrogens with zero attached hydrogens (tertiary/aromatic N) is 1. The fourth-order valence-corrected chi connectivity index (χ4v) is 4.54. The van der Waals surface area contributed by atoms with Gasteiger partial charge in [-0.25, -0.2) is 22.2 Å². The highest BCUT2D eigenvalue weighted by Crippen LogP contribution is 2.38. The summed E-state index contributed by atoms with van der Waals surface area (Å²) in [6.07, 6.45) is 0.143. The maximum Gasteiger partial charge on any atom is 0.233 e. The molecule has 1 heterocycles. The number of thiazole rings is 1. The highest BCUT2D eigenvalue weighted by atomic mass is 32.2. The zero-order valence-corrected chi connectivity index (χ0v) is 16.3. The first-order valence-electron chi connectivity index (χ1n) is 8.52.